The molecule has 1 aromatic carbocycles. The van der Waals surface area contributed by atoms with Gasteiger partial charge >= 0.3 is 5.97 Å². The van der Waals surface area contributed by atoms with Crippen molar-refractivity contribution in [2.75, 3.05) is 5.33 Å². The lowest BCUT2D eigenvalue weighted by molar-refractivity contribution is -0.140. The summed E-state index contributed by atoms with van der Waals surface area (Å²) in [6.45, 7) is 4.02. The average Bonchev–Trinajstić information content (AvgIpc) is 2.31. The molecule has 1 aromatic rings. The van der Waals surface area contributed by atoms with Gasteiger partial charge in [0, 0.05) is 5.33 Å². The third-order valence-corrected chi connectivity index (χ3v) is 3.60. The highest BCUT2D eigenvalue weighted by Gasteiger charge is 2.25. The van der Waals surface area contributed by atoms with E-state index in [1.54, 1.807) is 0 Å². The Bertz CT molecular complexity index is 359. The summed E-state index contributed by atoms with van der Waals surface area (Å²) in [4.78, 5) is 11.3. The zero-order valence-electron chi connectivity index (χ0n) is 10.3. The van der Waals surface area contributed by atoms with Crippen LogP contribution in [0.4, 0.5) is 0 Å². The summed E-state index contributed by atoms with van der Waals surface area (Å²) in [5.41, 5.74) is 2.14. The zero-order chi connectivity index (χ0) is 12.8. The van der Waals surface area contributed by atoms with Crippen LogP contribution in [0.15, 0.2) is 24.3 Å². The van der Waals surface area contributed by atoms with Crippen molar-refractivity contribution < 1.29 is 9.90 Å². The maximum Gasteiger partial charge on any atom is 0.311 e. The number of halogens is 1. The summed E-state index contributed by atoms with van der Waals surface area (Å²) in [5, 5.41) is 10.2. The summed E-state index contributed by atoms with van der Waals surface area (Å²) in [6, 6.07) is 7.94. The lowest BCUT2D eigenvalue weighted by Gasteiger charge is -2.19. The Labute approximate surface area is 111 Å². The fourth-order valence-electron chi connectivity index (χ4n) is 1.95. The molecule has 2 nitrogen and oxygen atoms in total. The first-order valence-corrected chi connectivity index (χ1v) is 7.09. The van der Waals surface area contributed by atoms with Crippen molar-refractivity contribution in [3.8, 4) is 0 Å². The predicted molar refractivity (Wildman–Crippen MR) is 73.8 cm³/mol. The summed E-state index contributed by atoms with van der Waals surface area (Å²) in [5.74, 6) is -0.958. The third-order valence-electron chi connectivity index (χ3n) is 3.20. The highest BCUT2D eigenvalue weighted by molar-refractivity contribution is 9.09. The lowest BCUT2D eigenvalue weighted by atomic mass is 9.85. The van der Waals surface area contributed by atoms with Crippen molar-refractivity contribution in [2.24, 2.45) is 5.92 Å². The molecule has 0 saturated heterocycles. The van der Waals surface area contributed by atoms with Crippen molar-refractivity contribution >= 4 is 21.9 Å². The molecule has 0 amide bonds. The van der Waals surface area contributed by atoms with E-state index in [1.165, 1.54) is 5.56 Å². The van der Waals surface area contributed by atoms with Crippen molar-refractivity contribution in [1.29, 1.82) is 0 Å². The van der Waals surface area contributed by atoms with E-state index in [9.17, 15) is 9.90 Å². The van der Waals surface area contributed by atoms with E-state index in [0.717, 1.165) is 23.7 Å². The second kappa shape index (κ2) is 6.80. The molecule has 0 aliphatic carbocycles. The Morgan fingerprint density at radius 2 is 1.94 bits per heavy atom. The van der Waals surface area contributed by atoms with Gasteiger partial charge in [-0.1, -0.05) is 60.5 Å². The van der Waals surface area contributed by atoms with Gasteiger partial charge in [0.15, 0.2) is 0 Å². The topological polar surface area (TPSA) is 37.3 Å². The average molecular weight is 299 g/mol. The number of carboxylic acid groups (broad SMARTS) is 1. The molecule has 1 N–H and O–H groups in total. The fraction of sp³-hybridized carbons (Fsp3) is 0.500. The molecule has 0 spiro atoms. The van der Waals surface area contributed by atoms with Crippen LogP contribution in [0.2, 0.25) is 0 Å². The van der Waals surface area contributed by atoms with E-state index in [-0.39, 0.29) is 5.92 Å². The highest BCUT2D eigenvalue weighted by Crippen LogP contribution is 2.27. The second-order valence-corrected chi connectivity index (χ2v) is 5.18. The van der Waals surface area contributed by atoms with E-state index in [2.05, 4.69) is 15.9 Å². The van der Waals surface area contributed by atoms with Crippen molar-refractivity contribution in [1.82, 2.24) is 0 Å². The number of carbonyl (C=O) groups is 1. The molecule has 0 saturated carbocycles. The van der Waals surface area contributed by atoms with Gasteiger partial charge in [0.1, 0.15) is 0 Å². The highest BCUT2D eigenvalue weighted by atomic mass is 79.9. The molecule has 0 aliphatic heterocycles. The van der Waals surface area contributed by atoms with Gasteiger partial charge in [-0.25, -0.2) is 0 Å². The van der Waals surface area contributed by atoms with Gasteiger partial charge in [0.25, 0.3) is 0 Å². The third kappa shape index (κ3) is 3.84. The molecular weight excluding hydrogens is 280 g/mol. The van der Waals surface area contributed by atoms with E-state index in [1.807, 2.05) is 38.1 Å². The number of alkyl halides is 1. The van der Waals surface area contributed by atoms with Gasteiger partial charge in [-0.15, -0.1) is 0 Å². The van der Waals surface area contributed by atoms with Gasteiger partial charge in [-0.3, -0.25) is 4.79 Å². The summed E-state index contributed by atoms with van der Waals surface area (Å²) in [7, 11) is 0. The smallest absolute Gasteiger partial charge is 0.311 e. The minimum atomic E-state index is -0.729. The molecular formula is C14H19BrO2. The van der Waals surface area contributed by atoms with Crippen LogP contribution in [0.1, 0.15) is 37.3 Å². The molecule has 1 rings (SSSR count). The Balaban J connectivity index is 2.91. The minimum Gasteiger partial charge on any atom is -0.481 e. The fourth-order valence-corrected chi connectivity index (χ4v) is 2.41. The van der Waals surface area contributed by atoms with Crippen LogP contribution in [0, 0.1) is 5.92 Å². The maximum absolute atomic E-state index is 11.3. The summed E-state index contributed by atoms with van der Waals surface area (Å²) in [6.07, 6.45) is 1.85. The maximum atomic E-state index is 11.3. The number of benzene rings is 1. The molecule has 0 heterocycles. The van der Waals surface area contributed by atoms with Gasteiger partial charge in [-0.05, 0) is 23.5 Å². The number of carboxylic acids is 1. The van der Waals surface area contributed by atoms with Crippen molar-refractivity contribution in [2.45, 2.75) is 32.6 Å². The Morgan fingerprint density at radius 1 is 1.35 bits per heavy atom. The van der Waals surface area contributed by atoms with E-state index in [0.29, 0.717) is 0 Å². The quantitative estimate of drug-likeness (QED) is 0.810. The van der Waals surface area contributed by atoms with Gasteiger partial charge in [-0.2, -0.15) is 0 Å². The van der Waals surface area contributed by atoms with Crippen LogP contribution in [0.25, 0.3) is 0 Å². The largest absolute Gasteiger partial charge is 0.481 e. The molecule has 0 aromatic heterocycles. The van der Waals surface area contributed by atoms with Gasteiger partial charge in [0.2, 0.25) is 0 Å². The lowest BCUT2D eigenvalue weighted by Crippen LogP contribution is -2.19. The SMILES string of the molecule is CCC(C)C(C(=O)O)c1ccc(CCBr)cc1. The molecule has 0 aliphatic rings. The number of aliphatic carboxylic acids is 1. The van der Waals surface area contributed by atoms with Crippen LogP contribution in [0.5, 0.6) is 0 Å². The van der Waals surface area contributed by atoms with E-state index in [4.69, 9.17) is 0 Å². The monoisotopic (exact) mass is 298 g/mol. The molecule has 17 heavy (non-hydrogen) atoms. The Morgan fingerprint density at radius 3 is 2.35 bits per heavy atom. The molecule has 0 fully saturated rings. The van der Waals surface area contributed by atoms with Crippen LogP contribution in [0.3, 0.4) is 0 Å². The van der Waals surface area contributed by atoms with Crippen molar-refractivity contribution in [3.05, 3.63) is 35.4 Å². The number of rotatable bonds is 6. The van der Waals surface area contributed by atoms with E-state index < -0.39 is 11.9 Å². The Hall–Kier alpha value is -0.830. The normalized spacial score (nSPS) is 14.3. The van der Waals surface area contributed by atoms with Crippen molar-refractivity contribution in [3.63, 3.8) is 0 Å². The van der Waals surface area contributed by atoms with Crippen LogP contribution in [-0.2, 0) is 11.2 Å². The molecule has 0 radical (unpaired) electrons. The van der Waals surface area contributed by atoms with Crippen LogP contribution < -0.4 is 0 Å². The first-order valence-electron chi connectivity index (χ1n) is 5.97. The first kappa shape index (κ1) is 14.2. The predicted octanol–water partition coefficient (Wildman–Crippen LogP) is 3.84. The molecule has 94 valence electrons. The molecule has 2 unspecified atom stereocenters. The number of aryl methyl sites for hydroxylation is 1. The summed E-state index contributed by atoms with van der Waals surface area (Å²) >= 11 is 3.40. The molecule has 3 heteroatoms. The van der Waals surface area contributed by atoms with Crippen LogP contribution >= 0.6 is 15.9 Å². The van der Waals surface area contributed by atoms with E-state index >= 15 is 0 Å². The zero-order valence-corrected chi connectivity index (χ0v) is 11.9. The second-order valence-electron chi connectivity index (χ2n) is 4.38. The standard InChI is InChI=1S/C14H19BrO2/c1-3-10(2)13(14(16)17)12-6-4-11(5-7-12)8-9-15/h4-7,10,13H,3,8-9H2,1-2H3,(H,16,17). The Kier molecular flexibility index (Phi) is 5.69. The minimum absolute atomic E-state index is 0.162. The molecule has 2 atom stereocenters. The van der Waals surface area contributed by atoms with Gasteiger partial charge in [0.05, 0.1) is 5.92 Å². The first-order chi connectivity index (χ1) is 8.10. The number of hydrogen-bond acceptors (Lipinski definition) is 1. The van der Waals surface area contributed by atoms with Gasteiger partial charge < -0.3 is 5.11 Å². The molecule has 0 bridgehead atoms. The summed E-state index contributed by atoms with van der Waals surface area (Å²) < 4.78 is 0. The van der Waals surface area contributed by atoms with Crippen LogP contribution in [-0.4, -0.2) is 16.4 Å². The number of hydrogen-bond donors (Lipinski definition) is 1.